The van der Waals surface area contributed by atoms with Crippen molar-refractivity contribution in [3.05, 3.63) is 35.4 Å². The van der Waals surface area contributed by atoms with Crippen molar-refractivity contribution in [3.8, 4) is 0 Å². The first-order chi connectivity index (χ1) is 8.15. The molecule has 0 spiro atoms. The largest absolute Gasteiger partial charge is 0.351 e. The van der Waals surface area contributed by atoms with Crippen LogP contribution in [0, 0.1) is 6.92 Å². The smallest absolute Gasteiger partial charge is 0.238 e. The number of unbranched alkanes of at least 4 members (excludes halogenated alkanes) is 1. The molecule has 0 saturated heterocycles. The number of hydrogen-bond acceptors (Lipinski definition) is 1. The highest BCUT2D eigenvalue weighted by atomic mass is 35.5. The molecule has 0 aromatic heterocycles. The molecule has 2 nitrogen and oxygen atoms in total. The van der Waals surface area contributed by atoms with E-state index in [1.807, 2.05) is 31.2 Å². The molecule has 1 amide bonds. The molecule has 1 aromatic carbocycles. The molecule has 17 heavy (non-hydrogen) atoms. The molecule has 0 saturated carbocycles. The second-order valence-corrected chi connectivity index (χ2v) is 4.78. The molecule has 1 rings (SSSR count). The van der Waals surface area contributed by atoms with Crippen LogP contribution in [-0.2, 0) is 11.3 Å². The zero-order valence-electron chi connectivity index (χ0n) is 10.5. The molecule has 1 N–H and O–H groups in total. The molecule has 0 aliphatic carbocycles. The third-order valence-corrected chi connectivity index (χ3v) is 3.23. The number of benzene rings is 1. The van der Waals surface area contributed by atoms with Gasteiger partial charge in [0.05, 0.1) is 0 Å². The van der Waals surface area contributed by atoms with Gasteiger partial charge in [-0.1, -0.05) is 44.0 Å². The quantitative estimate of drug-likeness (QED) is 0.774. The van der Waals surface area contributed by atoms with E-state index in [0.717, 1.165) is 24.8 Å². The van der Waals surface area contributed by atoms with Crippen molar-refractivity contribution in [2.75, 3.05) is 0 Å². The van der Waals surface area contributed by atoms with Crippen molar-refractivity contribution in [1.82, 2.24) is 5.32 Å². The van der Waals surface area contributed by atoms with E-state index < -0.39 is 5.38 Å². The first-order valence-electron chi connectivity index (χ1n) is 6.11. The second-order valence-electron chi connectivity index (χ2n) is 4.25. The zero-order valence-corrected chi connectivity index (χ0v) is 11.3. The lowest BCUT2D eigenvalue weighted by atomic mass is 10.1. The van der Waals surface area contributed by atoms with Crippen molar-refractivity contribution in [2.24, 2.45) is 0 Å². The summed E-state index contributed by atoms with van der Waals surface area (Å²) in [5.41, 5.74) is 2.33. The van der Waals surface area contributed by atoms with Crippen LogP contribution in [0.15, 0.2) is 24.3 Å². The van der Waals surface area contributed by atoms with E-state index in [1.54, 1.807) is 0 Å². The van der Waals surface area contributed by atoms with E-state index in [0.29, 0.717) is 6.54 Å². The number of amides is 1. The highest BCUT2D eigenvalue weighted by Crippen LogP contribution is 2.09. The zero-order chi connectivity index (χ0) is 12.7. The maximum atomic E-state index is 11.7. The summed E-state index contributed by atoms with van der Waals surface area (Å²) >= 11 is 6.00. The van der Waals surface area contributed by atoms with Crippen LogP contribution in [0.2, 0.25) is 0 Å². The minimum atomic E-state index is -0.404. The number of carbonyl (C=O) groups excluding carboxylic acids is 1. The fourth-order valence-electron chi connectivity index (χ4n) is 1.62. The van der Waals surface area contributed by atoms with Gasteiger partial charge in [0.1, 0.15) is 5.38 Å². The molecular weight excluding hydrogens is 234 g/mol. The summed E-state index contributed by atoms with van der Waals surface area (Å²) < 4.78 is 0. The Labute approximate surface area is 108 Å². The number of alkyl halides is 1. The second kappa shape index (κ2) is 7.33. The fraction of sp³-hybridized carbons (Fsp3) is 0.500. The summed E-state index contributed by atoms with van der Waals surface area (Å²) in [6.07, 6.45) is 2.80. The van der Waals surface area contributed by atoms with E-state index in [2.05, 4.69) is 12.2 Å². The summed E-state index contributed by atoms with van der Waals surface area (Å²) in [6, 6.07) is 8.03. The maximum Gasteiger partial charge on any atom is 0.238 e. The van der Waals surface area contributed by atoms with Gasteiger partial charge in [-0.3, -0.25) is 4.79 Å². The van der Waals surface area contributed by atoms with Crippen LogP contribution >= 0.6 is 11.6 Å². The maximum absolute atomic E-state index is 11.7. The Morgan fingerprint density at radius 2 is 2.12 bits per heavy atom. The lowest BCUT2D eigenvalue weighted by molar-refractivity contribution is -0.121. The van der Waals surface area contributed by atoms with Gasteiger partial charge in [0, 0.05) is 6.54 Å². The van der Waals surface area contributed by atoms with Crippen LogP contribution in [0.4, 0.5) is 0 Å². The SMILES string of the molecule is CCCCC(Cl)C(=O)NCc1ccccc1C. The van der Waals surface area contributed by atoms with Crippen molar-refractivity contribution >= 4 is 17.5 Å². The van der Waals surface area contributed by atoms with E-state index in [9.17, 15) is 4.79 Å². The Hall–Kier alpha value is -1.02. The van der Waals surface area contributed by atoms with Crippen molar-refractivity contribution < 1.29 is 4.79 Å². The van der Waals surface area contributed by atoms with Crippen molar-refractivity contribution in [1.29, 1.82) is 0 Å². The summed E-state index contributed by atoms with van der Waals surface area (Å²) in [6.45, 7) is 4.69. The minimum Gasteiger partial charge on any atom is -0.351 e. The molecular formula is C14H20ClNO. The average molecular weight is 254 g/mol. The number of nitrogens with one attached hydrogen (secondary N) is 1. The van der Waals surface area contributed by atoms with E-state index in [1.165, 1.54) is 5.56 Å². The molecule has 1 atom stereocenters. The summed E-state index contributed by atoms with van der Waals surface area (Å²) in [7, 11) is 0. The van der Waals surface area contributed by atoms with Crippen LogP contribution in [-0.4, -0.2) is 11.3 Å². The topological polar surface area (TPSA) is 29.1 Å². The number of rotatable bonds is 6. The van der Waals surface area contributed by atoms with E-state index in [-0.39, 0.29) is 5.91 Å². The standard InChI is InChI=1S/C14H20ClNO/c1-3-4-9-13(15)14(17)16-10-12-8-6-5-7-11(12)2/h5-8,13H,3-4,9-10H2,1-2H3,(H,16,17). The van der Waals surface area contributed by atoms with Gasteiger partial charge in [0.25, 0.3) is 0 Å². The molecule has 0 heterocycles. The average Bonchev–Trinajstić information content (AvgIpc) is 2.34. The van der Waals surface area contributed by atoms with E-state index >= 15 is 0 Å². The molecule has 1 aromatic rings. The first-order valence-corrected chi connectivity index (χ1v) is 6.55. The molecule has 0 fully saturated rings. The molecule has 0 aliphatic rings. The van der Waals surface area contributed by atoms with Crippen molar-refractivity contribution in [3.63, 3.8) is 0 Å². The lowest BCUT2D eigenvalue weighted by Crippen LogP contribution is -2.31. The van der Waals surface area contributed by atoms with Gasteiger partial charge in [-0.25, -0.2) is 0 Å². The molecule has 0 bridgehead atoms. The number of carbonyl (C=O) groups is 1. The Balaban J connectivity index is 2.40. The monoisotopic (exact) mass is 253 g/mol. The van der Waals surface area contributed by atoms with Crippen LogP contribution < -0.4 is 5.32 Å². The van der Waals surface area contributed by atoms with Crippen LogP contribution in [0.25, 0.3) is 0 Å². The van der Waals surface area contributed by atoms with Crippen LogP contribution in [0.5, 0.6) is 0 Å². The van der Waals surface area contributed by atoms with Gasteiger partial charge < -0.3 is 5.32 Å². The predicted octanol–water partition coefficient (Wildman–Crippen LogP) is 3.41. The third-order valence-electron chi connectivity index (χ3n) is 2.81. The highest BCUT2D eigenvalue weighted by molar-refractivity contribution is 6.30. The molecule has 0 radical (unpaired) electrons. The highest BCUT2D eigenvalue weighted by Gasteiger charge is 2.13. The minimum absolute atomic E-state index is 0.0663. The van der Waals surface area contributed by atoms with Crippen molar-refractivity contribution in [2.45, 2.75) is 45.0 Å². The summed E-state index contributed by atoms with van der Waals surface area (Å²) in [4.78, 5) is 11.7. The Bertz CT molecular complexity index is 365. The lowest BCUT2D eigenvalue weighted by Gasteiger charge is -2.11. The number of halogens is 1. The molecule has 3 heteroatoms. The summed E-state index contributed by atoms with van der Waals surface area (Å²) in [5, 5.41) is 2.47. The van der Waals surface area contributed by atoms with Gasteiger partial charge >= 0.3 is 0 Å². The van der Waals surface area contributed by atoms with Gasteiger partial charge in [-0.2, -0.15) is 0 Å². The van der Waals surface area contributed by atoms with E-state index in [4.69, 9.17) is 11.6 Å². The third kappa shape index (κ3) is 4.78. The molecule has 1 unspecified atom stereocenters. The van der Waals surface area contributed by atoms with Gasteiger partial charge in [0.15, 0.2) is 0 Å². The first kappa shape index (κ1) is 14.0. The Morgan fingerprint density at radius 3 is 2.76 bits per heavy atom. The molecule has 94 valence electrons. The number of hydrogen-bond donors (Lipinski definition) is 1. The number of aryl methyl sites for hydroxylation is 1. The van der Waals surface area contributed by atoms with Gasteiger partial charge in [-0.15, -0.1) is 11.6 Å². The molecule has 0 aliphatic heterocycles. The normalized spacial score (nSPS) is 12.2. The van der Waals surface area contributed by atoms with Crippen LogP contribution in [0.1, 0.15) is 37.3 Å². The van der Waals surface area contributed by atoms with Gasteiger partial charge in [-0.05, 0) is 24.5 Å². The predicted molar refractivity (Wildman–Crippen MR) is 72.2 cm³/mol. The Morgan fingerprint density at radius 1 is 1.41 bits per heavy atom. The Kier molecular flexibility index (Phi) is 6.06. The van der Waals surface area contributed by atoms with Gasteiger partial charge in [0.2, 0.25) is 5.91 Å². The fourth-order valence-corrected chi connectivity index (χ4v) is 1.85. The summed E-state index contributed by atoms with van der Waals surface area (Å²) in [5.74, 6) is -0.0663. The van der Waals surface area contributed by atoms with Crippen LogP contribution in [0.3, 0.4) is 0 Å².